The molecule has 216 valence electrons. The second-order valence-corrected chi connectivity index (χ2v) is 12.4. The van der Waals surface area contributed by atoms with Gasteiger partial charge >= 0.3 is 0 Å². The van der Waals surface area contributed by atoms with Gasteiger partial charge in [0.1, 0.15) is 22.8 Å². The predicted octanol–water partition coefficient (Wildman–Crippen LogP) is 2.54. The fraction of sp³-hybridized carbons (Fsp3) is 0.552. The van der Waals surface area contributed by atoms with Crippen LogP contribution < -0.4 is 5.73 Å². The molecule has 0 radical (unpaired) electrons. The average Bonchev–Trinajstić information content (AvgIpc) is 2.86. The van der Waals surface area contributed by atoms with E-state index in [0.717, 1.165) is 19.3 Å². The first-order chi connectivity index (χ1) is 18.7. The van der Waals surface area contributed by atoms with E-state index < -0.39 is 58.0 Å². The van der Waals surface area contributed by atoms with E-state index in [1.165, 1.54) is 11.0 Å². The molecule has 4 aliphatic rings. The summed E-state index contributed by atoms with van der Waals surface area (Å²) in [7, 11) is 3.19. The fourth-order valence-corrected chi connectivity index (χ4v) is 7.74. The minimum atomic E-state index is -2.66. The maximum absolute atomic E-state index is 13.8. The lowest BCUT2D eigenvalue weighted by Crippen LogP contribution is -2.63. The second-order valence-electron chi connectivity index (χ2n) is 12.0. The number of ketones is 2. The van der Waals surface area contributed by atoms with Gasteiger partial charge in [0.2, 0.25) is 5.78 Å². The number of phenols is 1. The molecule has 1 aromatic rings. The second kappa shape index (κ2) is 9.87. The lowest BCUT2D eigenvalue weighted by atomic mass is 9.58. The number of halogens is 1. The minimum absolute atomic E-state index is 0.0211. The van der Waals surface area contributed by atoms with Gasteiger partial charge in [0.05, 0.1) is 11.6 Å². The Labute approximate surface area is 237 Å². The number of phenolic OH excluding ortho intramolecular Hbond substituents is 1. The van der Waals surface area contributed by atoms with Crippen molar-refractivity contribution >= 4 is 29.1 Å². The zero-order chi connectivity index (χ0) is 29.4. The molecule has 40 heavy (non-hydrogen) atoms. The molecule has 10 nitrogen and oxygen atoms in total. The van der Waals surface area contributed by atoms with Crippen LogP contribution in [0.5, 0.6) is 5.75 Å². The van der Waals surface area contributed by atoms with Crippen LogP contribution in [0.15, 0.2) is 28.7 Å². The zero-order valence-electron chi connectivity index (χ0n) is 23.1. The fourth-order valence-electron chi connectivity index (χ4n) is 7.45. The highest BCUT2D eigenvalue weighted by Gasteiger charge is 2.63. The number of hydrogen-bond donors (Lipinski definition) is 5. The summed E-state index contributed by atoms with van der Waals surface area (Å²) in [5, 5.41) is 45.4. The highest BCUT2D eigenvalue weighted by Crippen LogP contribution is 2.53. The van der Waals surface area contributed by atoms with Crippen LogP contribution >= 0.6 is 11.6 Å². The first-order valence-corrected chi connectivity index (χ1v) is 14.0. The van der Waals surface area contributed by atoms with Crippen molar-refractivity contribution in [3.8, 4) is 5.75 Å². The SMILES string of the molecule is C[C@@H]1CCC[C@H](C)N1Cc1cc(O)c2c(c1Cl)C[C@H]1C[C@H]3[C@H](N(C)C)C(O)=C(C(N)=O)C(=O)[C@@]3(O)C(O)=C1C2=O. The standard InChI is InChI=1S/C29H36ClN3O7/c1-12-6-5-7-13(2)33(12)11-15-10-18(34)20-16(22(15)30)8-14-9-17-23(32(3)4)25(36)21(28(31)39)27(38)29(17,40)26(37)19(14)24(20)35/h10,12-14,17,23,34,36-37,40H,5-9,11H2,1-4H3,(H2,31,39)/t12-,13+,14-,17-,23-,29-/m0/s1. The molecule has 6 atom stereocenters. The molecule has 0 spiro atoms. The highest BCUT2D eigenvalue weighted by atomic mass is 35.5. The van der Waals surface area contributed by atoms with Crippen LogP contribution in [-0.4, -0.2) is 85.5 Å². The van der Waals surface area contributed by atoms with Crippen molar-refractivity contribution < 1.29 is 34.8 Å². The Morgan fingerprint density at radius 1 is 1.18 bits per heavy atom. The van der Waals surface area contributed by atoms with Gasteiger partial charge in [-0.2, -0.15) is 0 Å². The molecule has 0 saturated carbocycles. The number of likely N-dealkylation sites (N-methyl/N-ethyl adjacent to an activating group) is 1. The van der Waals surface area contributed by atoms with Crippen LogP contribution in [0.25, 0.3) is 0 Å². The number of benzene rings is 1. The van der Waals surface area contributed by atoms with Crippen molar-refractivity contribution in [3.05, 3.63) is 50.4 Å². The van der Waals surface area contributed by atoms with Crippen molar-refractivity contribution in [2.24, 2.45) is 17.6 Å². The maximum Gasteiger partial charge on any atom is 0.255 e. The summed E-state index contributed by atoms with van der Waals surface area (Å²) in [5.74, 6) is -6.77. The third kappa shape index (κ3) is 3.99. The summed E-state index contributed by atoms with van der Waals surface area (Å²) < 4.78 is 0. The summed E-state index contributed by atoms with van der Waals surface area (Å²) in [4.78, 5) is 43.2. The number of aromatic hydroxyl groups is 1. The number of carbonyl (C=O) groups excluding carboxylic acids is 3. The van der Waals surface area contributed by atoms with Gasteiger partial charge < -0.3 is 26.2 Å². The molecule has 6 N–H and O–H groups in total. The van der Waals surface area contributed by atoms with Crippen LogP contribution in [0.2, 0.25) is 5.02 Å². The number of aliphatic hydroxyl groups is 3. The number of aliphatic hydroxyl groups excluding tert-OH is 2. The largest absolute Gasteiger partial charge is 0.510 e. The number of hydrogen-bond acceptors (Lipinski definition) is 9. The van der Waals surface area contributed by atoms with Crippen molar-refractivity contribution in [1.82, 2.24) is 9.80 Å². The smallest absolute Gasteiger partial charge is 0.255 e. The number of amides is 1. The summed E-state index contributed by atoms with van der Waals surface area (Å²) >= 11 is 6.91. The number of nitrogens with zero attached hydrogens (tertiary/aromatic N) is 2. The Morgan fingerprint density at radius 3 is 2.38 bits per heavy atom. The van der Waals surface area contributed by atoms with Gasteiger partial charge in [-0.15, -0.1) is 0 Å². The van der Waals surface area contributed by atoms with Crippen LogP contribution in [0.4, 0.5) is 0 Å². The van der Waals surface area contributed by atoms with E-state index in [9.17, 15) is 34.8 Å². The molecule has 1 aromatic carbocycles. The van der Waals surface area contributed by atoms with Crippen molar-refractivity contribution in [2.75, 3.05) is 14.1 Å². The Morgan fingerprint density at radius 2 is 1.80 bits per heavy atom. The Balaban J connectivity index is 1.62. The zero-order valence-corrected chi connectivity index (χ0v) is 23.8. The normalized spacial score (nSPS) is 32.7. The molecular formula is C29H36ClN3O7. The summed E-state index contributed by atoms with van der Waals surface area (Å²) in [5.41, 5.74) is 2.76. The molecule has 5 rings (SSSR count). The van der Waals surface area contributed by atoms with E-state index in [1.54, 1.807) is 14.1 Å². The number of fused-ring (bicyclic) bond motifs is 3. The number of Topliss-reactive ketones (excluding diaryl/α,β-unsaturated/α-hetero) is 2. The molecule has 1 aliphatic heterocycles. The third-order valence-electron chi connectivity index (χ3n) is 9.46. The van der Waals surface area contributed by atoms with E-state index >= 15 is 0 Å². The number of primary amides is 1. The lowest BCUT2D eigenvalue weighted by Gasteiger charge is -2.50. The molecule has 1 fully saturated rings. The van der Waals surface area contributed by atoms with Crippen molar-refractivity contribution in [1.29, 1.82) is 0 Å². The van der Waals surface area contributed by atoms with E-state index in [1.807, 2.05) is 0 Å². The highest BCUT2D eigenvalue weighted by molar-refractivity contribution is 6.33. The Bertz CT molecular complexity index is 1380. The van der Waals surface area contributed by atoms with Gasteiger partial charge in [-0.25, -0.2) is 0 Å². The lowest BCUT2D eigenvalue weighted by molar-refractivity contribution is -0.148. The van der Waals surface area contributed by atoms with Gasteiger partial charge in [0.25, 0.3) is 5.91 Å². The monoisotopic (exact) mass is 573 g/mol. The van der Waals surface area contributed by atoms with Crippen molar-refractivity contribution in [3.63, 3.8) is 0 Å². The molecule has 1 heterocycles. The minimum Gasteiger partial charge on any atom is -0.510 e. The average molecular weight is 574 g/mol. The van der Waals surface area contributed by atoms with Crippen LogP contribution in [0.3, 0.4) is 0 Å². The summed E-state index contributed by atoms with van der Waals surface area (Å²) in [6.07, 6.45) is 3.45. The molecule has 0 unspecified atom stereocenters. The quantitative estimate of drug-likeness (QED) is 0.340. The van der Waals surface area contributed by atoms with E-state index in [-0.39, 0.29) is 29.7 Å². The van der Waals surface area contributed by atoms with Gasteiger partial charge in [-0.05, 0) is 76.7 Å². The number of nitrogens with two attached hydrogens (primary N) is 1. The van der Waals surface area contributed by atoms with E-state index in [4.69, 9.17) is 17.3 Å². The molecule has 3 aliphatic carbocycles. The Hall–Kier alpha value is -2.92. The molecule has 11 heteroatoms. The first kappa shape index (κ1) is 28.6. The summed E-state index contributed by atoms with van der Waals surface area (Å²) in [6, 6.07) is 1.10. The van der Waals surface area contributed by atoms with Gasteiger partial charge in [-0.1, -0.05) is 18.0 Å². The first-order valence-electron chi connectivity index (χ1n) is 13.6. The van der Waals surface area contributed by atoms with Gasteiger partial charge in [0.15, 0.2) is 11.4 Å². The summed E-state index contributed by atoms with van der Waals surface area (Å²) in [6.45, 7) is 4.83. The van der Waals surface area contributed by atoms with E-state index in [0.29, 0.717) is 34.8 Å². The molecule has 1 amide bonds. The van der Waals surface area contributed by atoms with Crippen LogP contribution in [-0.2, 0) is 22.6 Å². The number of rotatable bonds is 4. The predicted molar refractivity (Wildman–Crippen MR) is 147 cm³/mol. The molecule has 0 bridgehead atoms. The topological polar surface area (TPSA) is 165 Å². The van der Waals surface area contributed by atoms with E-state index in [2.05, 4.69) is 18.7 Å². The number of allylic oxidation sites excluding steroid dienone is 1. The van der Waals surface area contributed by atoms with Crippen molar-refractivity contribution in [2.45, 2.75) is 76.2 Å². The third-order valence-corrected chi connectivity index (χ3v) is 9.93. The Kier molecular flexibility index (Phi) is 7.06. The van der Waals surface area contributed by atoms with Crippen LogP contribution in [0, 0.1) is 11.8 Å². The maximum atomic E-state index is 13.8. The number of carbonyl (C=O) groups is 3. The molecule has 0 aromatic heterocycles. The number of piperidine rings is 1. The van der Waals surface area contributed by atoms with Gasteiger partial charge in [-0.3, -0.25) is 24.2 Å². The van der Waals surface area contributed by atoms with Crippen LogP contribution in [0.1, 0.15) is 61.0 Å². The molecular weight excluding hydrogens is 538 g/mol. The molecule has 1 saturated heterocycles. The van der Waals surface area contributed by atoms with Gasteiger partial charge in [0, 0.05) is 35.1 Å². The number of likely N-dealkylation sites (tertiary alicyclic amines) is 1.